The van der Waals surface area contributed by atoms with E-state index in [1.54, 1.807) is 26.0 Å². The van der Waals surface area contributed by atoms with Gasteiger partial charge < -0.3 is 33.5 Å². The molecule has 43 heavy (non-hydrogen) atoms. The summed E-state index contributed by atoms with van der Waals surface area (Å²) in [7, 11) is 3.18. The van der Waals surface area contributed by atoms with E-state index in [-0.39, 0.29) is 30.6 Å². The van der Waals surface area contributed by atoms with Crippen molar-refractivity contribution in [2.24, 2.45) is 5.92 Å². The normalized spacial score (nSPS) is 19.1. The lowest BCUT2D eigenvalue weighted by Gasteiger charge is -2.32. The van der Waals surface area contributed by atoms with E-state index in [1.807, 2.05) is 59.3 Å². The van der Waals surface area contributed by atoms with Gasteiger partial charge in [-0.1, -0.05) is 23.7 Å². The second-order valence-electron chi connectivity index (χ2n) is 11.0. The lowest BCUT2D eigenvalue weighted by Crippen LogP contribution is -2.40. The average Bonchev–Trinajstić information content (AvgIpc) is 3.45. The van der Waals surface area contributed by atoms with E-state index in [0.29, 0.717) is 42.6 Å². The van der Waals surface area contributed by atoms with Crippen molar-refractivity contribution in [3.63, 3.8) is 0 Å². The van der Waals surface area contributed by atoms with Crippen LogP contribution in [-0.4, -0.2) is 66.5 Å². The maximum Gasteiger partial charge on any atom is 0.306 e. The van der Waals surface area contributed by atoms with E-state index in [1.165, 1.54) is 0 Å². The van der Waals surface area contributed by atoms with E-state index in [4.69, 9.17) is 30.5 Å². The maximum absolute atomic E-state index is 13.2. The standard InChI is InChI=1S/C33H39ClN2O7/c1-4-42-31(39)17-21-12-15-35(16-13-21)30(38)20-23(37)19-29-27-8-6-14-36(27)26-11-10-22(34)18-25(26)32(43-29)24-7-5-9-28(40-2)33(24)41-3/h5-11,14,18,21,23,29,32,37H,4,12-13,15-17,19-20H2,1-3H3/t23?,29-,32-/m1/s1. The number of piperidine rings is 1. The molecule has 0 saturated carbocycles. The molecule has 2 aliphatic rings. The van der Waals surface area contributed by atoms with Crippen LogP contribution < -0.4 is 9.47 Å². The minimum absolute atomic E-state index is 0.0188. The lowest BCUT2D eigenvalue weighted by molar-refractivity contribution is -0.144. The number of amides is 1. The Balaban J connectivity index is 1.35. The van der Waals surface area contributed by atoms with Crippen LogP contribution in [0.5, 0.6) is 11.5 Å². The van der Waals surface area contributed by atoms with Gasteiger partial charge in [0, 0.05) is 48.3 Å². The van der Waals surface area contributed by atoms with Crippen molar-refractivity contribution < 1.29 is 33.6 Å². The largest absolute Gasteiger partial charge is 0.493 e. The number of esters is 1. The van der Waals surface area contributed by atoms with Crippen LogP contribution in [0.2, 0.25) is 5.02 Å². The summed E-state index contributed by atoms with van der Waals surface area (Å²) in [5, 5.41) is 11.8. The molecule has 0 spiro atoms. The summed E-state index contributed by atoms with van der Waals surface area (Å²) < 4.78 is 25.3. The van der Waals surface area contributed by atoms with Gasteiger partial charge in [-0.15, -0.1) is 0 Å². The number of para-hydroxylation sites is 1. The van der Waals surface area contributed by atoms with Crippen molar-refractivity contribution in [2.75, 3.05) is 33.9 Å². The Bertz CT molecular complexity index is 1430. The predicted octanol–water partition coefficient (Wildman–Crippen LogP) is 5.64. The highest BCUT2D eigenvalue weighted by Gasteiger charge is 2.35. The molecule has 1 aromatic heterocycles. The number of rotatable bonds is 10. The van der Waals surface area contributed by atoms with Crippen molar-refractivity contribution in [3.05, 3.63) is 76.6 Å². The van der Waals surface area contributed by atoms with Crippen LogP contribution in [0.25, 0.3) is 5.69 Å². The first-order valence-electron chi connectivity index (χ1n) is 14.8. The number of methoxy groups -OCH3 is 2. The second kappa shape index (κ2) is 13.8. The molecule has 10 heteroatoms. The summed E-state index contributed by atoms with van der Waals surface area (Å²) in [5.74, 6) is 1.04. The molecule has 3 aromatic rings. The first-order valence-corrected chi connectivity index (χ1v) is 15.2. The summed E-state index contributed by atoms with van der Waals surface area (Å²) in [4.78, 5) is 26.8. The summed E-state index contributed by atoms with van der Waals surface area (Å²) in [6.45, 7) is 3.29. The number of carbonyl (C=O) groups excluding carboxylic acids is 2. The molecular weight excluding hydrogens is 572 g/mol. The molecule has 3 atom stereocenters. The van der Waals surface area contributed by atoms with E-state index < -0.39 is 18.3 Å². The van der Waals surface area contributed by atoms with Crippen LogP contribution in [0.4, 0.5) is 0 Å². The van der Waals surface area contributed by atoms with Crippen molar-refractivity contribution in [2.45, 2.75) is 57.3 Å². The Morgan fingerprint density at radius 3 is 2.58 bits per heavy atom. The van der Waals surface area contributed by atoms with Gasteiger partial charge in [-0.2, -0.15) is 0 Å². The number of aliphatic hydroxyl groups is 1. The molecule has 0 aliphatic carbocycles. The third-order valence-corrected chi connectivity index (χ3v) is 8.52. The highest BCUT2D eigenvalue weighted by molar-refractivity contribution is 6.30. The van der Waals surface area contributed by atoms with Gasteiger partial charge in [-0.25, -0.2) is 0 Å². The summed E-state index contributed by atoms with van der Waals surface area (Å²) in [6.07, 6.45) is 1.94. The van der Waals surface area contributed by atoms with Crippen LogP contribution in [0, 0.1) is 5.92 Å². The van der Waals surface area contributed by atoms with Crippen molar-refractivity contribution in [1.29, 1.82) is 0 Å². The van der Waals surface area contributed by atoms with Crippen LogP contribution in [0.1, 0.15) is 68.1 Å². The molecule has 3 heterocycles. The number of likely N-dealkylation sites (tertiary alicyclic amines) is 1. The number of aliphatic hydroxyl groups excluding tert-OH is 1. The van der Waals surface area contributed by atoms with Gasteiger partial charge in [-0.05, 0) is 62.1 Å². The average molecular weight is 611 g/mol. The van der Waals surface area contributed by atoms with Crippen LogP contribution in [-0.2, 0) is 19.1 Å². The van der Waals surface area contributed by atoms with Crippen molar-refractivity contribution in [3.8, 4) is 17.2 Å². The number of ether oxygens (including phenoxy) is 4. The zero-order chi connectivity index (χ0) is 30.5. The molecule has 2 aromatic carbocycles. The van der Waals surface area contributed by atoms with Gasteiger partial charge in [0.25, 0.3) is 0 Å². The smallest absolute Gasteiger partial charge is 0.306 e. The highest BCUT2D eigenvalue weighted by Crippen LogP contribution is 2.46. The molecule has 230 valence electrons. The molecule has 0 radical (unpaired) electrons. The summed E-state index contributed by atoms with van der Waals surface area (Å²) in [6, 6.07) is 15.2. The topological polar surface area (TPSA) is 99.5 Å². The van der Waals surface area contributed by atoms with Gasteiger partial charge in [0.15, 0.2) is 11.5 Å². The third-order valence-electron chi connectivity index (χ3n) is 8.28. The highest BCUT2D eigenvalue weighted by atomic mass is 35.5. The Labute approximate surface area is 257 Å². The number of hydrogen-bond donors (Lipinski definition) is 1. The SMILES string of the molecule is CCOC(=O)CC1CCN(C(=O)CC(O)C[C@H]2O[C@H](c3cccc(OC)c3OC)c3cc(Cl)ccc3-n3cccc32)CC1. The van der Waals surface area contributed by atoms with Gasteiger partial charge in [0.2, 0.25) is 5.91 Å². The number of fused-ring (bicyclic) bond motifs is 3. The fourth-order valence-electron chi connectivity index (χ4n) is 6.18. The number of benzene rings is 2. The first kappa shape index (κ1) is 30.9. The number of nitrogens with zero attached hydrogens (tertiary/aromatic N) is 2. The molecule has 1 unspecified atom stereocenters. The van der Waals surface area contributed by atoms with Crippen LogP contribution in [0.3, 0.4) is 0 Å². The molecule has 1 fully saturated rings. The summed E-state index contributed by atoms with van der Waals surface area (Å²) >= 11 is 6.49. The number of hydrogen-bond acceptors (Lipinski definition) is 7. The monoisotopic (exact) mass is 610 g/mol. The molecule has 1 amide bonds. The molecule has 1 N–H and O–H groups in total. The Kier molecular flexibility index (Phi) is 9.95. The molecular formula is C33H39ClN2O7. The van der Waals surface area contributed by atoms with E-state index in [2.05, 4.69) is 0 Å². The van der Waals surface area contributed by atoms with Crippen LogP contribution in [0.15, 0.2) is 54.7 Å². The molecule has 2 aliphatic heterocycles. The van der Waals surface area contributed by atoms with Crippen molar-refractivity contribution >= 4 is 23.5 Å². The van der Waals surface area contributed by atoms with Gasteiger partial charge in [-0.3, -0.25) is 9.59 Å². The van der Waals surface area contributed by atoms with E-state index >= 15 is 0 Å². The molecule has 5 rings (SSSR count). The Hall–Kier alpha value is -3.53. The van der Waals surface area contributed by atoms with Gasteiger partial charge >= 0.3 is 5.97 Å². The van der Waals surface area contributed by atoms with Crippen molar-refractivity contribution in [1.82, 2.24) is 9.47 Å². The van der Waals surface area contributed by atoms with Crippen LogP contribution >= 0.6 is 11.6 Å². The Morgan fingerprint density at radius 1 is 1.07 bits per heavy atom. The maximum atomic E-state index is 13.2. The van der Waals surface area contributed by atoms with Gasteiger partial charge in [0.05, 0.1) is 44.7 Å². The molecule has 0 bridgehead atoms. The number of carbonyl (C=O) groups is 2. The predicted molar refractivity (Wildman–Crippen MR) is 162 cm³/mol. The lowest BCUT2D eigenvalue weighted by atomic mass is 9.93. The number of aromatic nitrogens is 1. The van der Waals surface area contributed by atoms with E-state index in [9.17, 15) is 14.7 Å². The van der Waals surface area contributed by atoms with Gasteiger partial charge in [0.1, 0.15) is 12.2 Å². The zero-order valence-corrected chi connectivity index (χ0v) is 25.6. The summed E-state index contributed by atoms with van der Waals surface area (Å²) in [5.41, 5.74) is 3.37. The minimum Gasteiger partial charge on any atom is -0.493 e. The fraction of sp³-hybridized carbons (Fsp3) is 0.455. The molecule has 1 saturated heterocycles. The third kappa shape index (κ3) is 6.84. The first-order chi connectivity index (χ1) is 20.8. The second-order valence-corrected chi connectivity index (χ2v) is 11.5. The fourth-order valence-corrected chi connectivity index (χ4v) is 6.36. The quantitative estimate of drug-likeness (QED) is 0.297. The Morgan fingerprint density at radius 2 is 1.86 bits per heavy atom. The number of halogens is 1. The molecule has 9 nitrogen and oxygen atoms in total. The minimum atomic E-state index is -0.934. The van der Waals surface area contributed by atoms with E-state index in [0.717, 1.165) is 35.3 Å². The zero-order valence-electron chi connectivity index (χ0n) is 24.8.